The summed E-state index contributed by atoms with van der Waals surface area (Å²) >= 11 is 0. The van der Waals surface area contributed by atoms with Crippen molar-refractivity contribution in [2.45, 2.75) is 19.9 Å². The Hall–Kier alpha value is -2.96. The van der Waals surface area contributed by atoms with Crippen molar-refractivity contribution in [1.82, 2.24) is 20.2 Å². The minimum absolute atomic E-state index is 0.114. The monoisotopic (exact) mass is 297 g/mol. The second-order valence-electron chi connectivity index (χ2n) is 5.05. The van der Waals surface area contributed by atoms with Gasteiger partial charge in [-0.25, -0.2) is 4.68 Å². The van der Waals surface area contributed by atoms with Gasteiger partial charge in [-0.3, -0.25) is 4.79 Å². The normalized spacial score (nSPS) is 10.9. The smallest absolute Gasteiger partial charge is 0.258 e. The van der Waals surface area contributed by atoms with Crippen LogP contribution in [0.15, 0.2) is 47.3 Å². The van der Waals surface area contributed by atoms with E-state index < -0.39 is 0 Å². The third-order valence-corrected chi connectivity index (χ3v) is 3.18. The number of tetrazole rings is 1. The van der Waals surface area contributed by atoms with Crippen molar-refractivity contribution in [1.29, 1.82) is 0 Å². The molecular formula is C15H15N5O2. The maximum absolute atomic E-state index is 12.2. The highest BCUT2D eigenvalue weighted by Gasteiger charge is 2.16. The van der Waals surface area contributed by atoms with Crippen LogP contribution in [0.4, 0.5) is 5.69 Å². The molecule has 3 aromatic rings. The predicted molar refractivity (Wildman–Crippen MR) is 80.3 cm³/mol. The summed E-state index contributed by atoms with van der Waals surface area (Å²) in [6.07, 6.45) is 2.86. The van der Waals surface area contributed by atoms with Gasteiger partial charge in [0.05, 0.1) is 23.6 Å². The molecule has 7 heteroatoms. The van der Waals surface area contributed by atoms with Gasteiger partial charge in [0.1, 0.15) is 6.26 Å². The number of amides is 1. The number of nitrogens with zero attached hydrogens (tertiary/aromatic N) is 4. The molecule has 0 saturated carbocycles. The number of rotatable bonds is 4. The van der Waals surface area contributed by atoms with E-state index in [-0.39, 0.29) is 11.9 Å². The Kier molecular flexibility index (Phi) is 3.69. The lowest BCUT2D eigenvalue weighted by Crippen LogP contribution is -2.13. The number of hydrogen-bond acceptors (Lipinski definition) is 5. The Balaban J connectivity index is 1.97. The topological polar surface area (TPSA) is 85.8 Å². The van der Waals surface area contributed by atoms with Crippen LogP contribution in [0.5, 0.6) is 0 Å². The molecule has 112 valence electrons. The van der Waals surface area contributed by atoms with Gasteiger partial charge in [0.25, 0.3) is 5.91 Å². The quantitative estimate of drug-likeness (QED) is 0.800. The molecule has 0 unspecified atom stereocenters. The van der Waals surface area contributed by atoms with Gasteiger partial charge in [0.15, 0.2) is 5.82 Å². The molecule has 22 heavy (non-hydrogen) atoms. The van der Waals surface area contributed by atoms with Crippen molar-refractivity contribution in [2.75, 3.05) is 5.32 Å². The summed E-state index contributed by atoms with van der Waals surface area (Å²) in [5.41, 5.74) is 1.86. The van der Waals surface area contributed by atoms with Gasteiger partial charge < -0.3 is 9.73 Å². The van der Waals surface area contributed by atoms with Gasteiger partial charge in [-0.1, -0.05) is 12.1 Å². The van der Waals surface area contributed by atoms with E-state index in [1.54, 1.807) is 10.7 Å². The van der Waals surface area contributed by atoms with Crippen molar-refractivity contribution in [3.8, 4) is 11.4 Å². The van der Waals surface area contributed by atoms with Crippen LogP contribution in [0.2, 0.25) is 0 Å². The van der Waals surface area contributed by atoms with E-state index in [0.717, 1.165) is 5.56 Å². The van der Waals surface area contributed by atoms with Gasteiger partial charge in [-0.2, -0.15) is 0 Å². The van der Waals surface area contributed by atoms with E-state index >= 15 is 0 Å². The summed E-state index contributed by atoms with van der Waals surface area (Å²) in [4.78, 5) is 12.2. The molecule has 0 fully saturated rings. The number of para-hydroxylation sites is 1. The highest BCUT2D eigenvalue weighted by Crippen LogP contribution is 2.27. The zero-order valence-electron chi connectivity index (χ0n) is 12.2. The van der Waals surface area contributed by atoms with Crippen LogP contribution in [-0.2, 0) is 0 Å². The van der Waals surface area contributed by atoms with Crippen LogP contribution in [0.25, 0.3) is 11.4 Å². The lowest BCUT2D eigenvalue weighted by molar-refractivity contribution is 0.102. The first-order valence-electron chi connectivity index (χ1n) is 6.87. The van der Waals surface area contributed by atoms with E-state index in [0.29, 0.717) is 17.1 Å². The number of hydrogen-bond donors (Lipinski definition) is 1. The summed E-state index contributed by atoms with van der Waals surface area (Å²) < 4.78 is 6.64. The Labute approximate surface area is 126 Å². The molecule has 1 N–H and O–H groups in total. The maximum Gasteiger partial charge on any atom is 0.258 e. The Morgan fingerprint density at radius 2 is 2.09 bits per heavy atom. The first-order chi connectivity index (χ1) is 10.7. The Bertz CT molecular complexity index is 777. The van der Waals surface area contributed by atoms with Crippen LogP contribution in [0.1, 0.15) is 30.2 Å². The zero-order chi connectivity index (χ0) is 15.5. The molecule has 0 atom stereocenters. The van der Waals surface area contributed by atoms with Crippen LogP contribution in [0, 0.1) is 0 Å². The zero-order valence-corrected chi connectivity index (χ0v) is 12.2. The van der Waals surface area contributed by atoms with Gasteiger partial charge in [0, 0.05) is 5.56 Å². The Morgan fingerprint density at radius 3 is 2.82 bits per heavy atom. The molecule has 1 amide bonds. The predicted octanol–water partition coefficient (Wildman–Crippen LogP) is 2.77. The minimum Gasteiger partial charge on any atom is -0.472 e. The Morgan fingerprint density at radius 1 is 1.27 bits per heavy atom. The van der Waals surface area contributed by atoms with Crippen LogP contribution in [0.3, 0.4) is 0 Å². The fourth-order valence-corrected chi connectivity index (χ4v) is 2.09. The summed E-state index contributed by atoms with van der Waals surface area (Å²) in [5, 5.41) is 14.6. The van der Waals surface area contributed by atoms with Crippen molar-refractivity contribution in [3.05, 3.63) is 48.4 Å². The van der Waals surface area contributed by atoms with E-state index in [9.17, 15) is 4.79 Å². The summed E-state index contributed by atoms with van der Waals surface area (Å²) in [6, 6.07) is 9.13. The van der Waals surface area contributed by atoms with Crippen molar-refractivity contribution in [2.24, 2.45) is 0 Å². The number of benzene rings is 1. The van der Waals surface area contributed by atoms with E-state index in [1.165, 1.54) is 12.5 Å². The van der Waals surface area contributed by atoms with E-state index in [4.69, 9.17) is 4.42 Å². The summed E-state index contributed by atoms with van der Waals surface area (Å²) in [5.74, 6) is 0.364. The molecule has 2 aromatic heterocycles. The first kappa shape index (κ1) is 14.0. The van der Waals surface area contributed by atoms with Crippen molar-refractivity contribution >= 4 is 11.6 Å². The highest BCUT2D eigenvalue weighted by molar-refractivity contribution is 6.05. The molecule has 0 radical (unpaired) electrons. The lowest BCUT2D eigenvalue weighted by Gasteiger charge is -2.12. The second-order valence-corrected chi connectivity index (χ2v) is 5.05. The molecule has 0 saturated heterocycles. The molecule has 0 spiro atoms. The average Bonchev–Trinajstić information content (AvgIpc) is 3.19. The molecule has 3 rings (SSSR count). The first-order valence-corrected chi connectivity index (χ1v) is 6.87. The molecule has 1 aromatic carbocycles. The SMILES string of the molecule is CC(C)n1nnnc1-c1ccccc1NC(=O)c1ccoc1. The van der Waals surface area contributed by atoms with Gasteiger partial charge in [-0.05, 0) is 42.5 Å². The van der Waals surface area contributed by atoms with E-state index in [2.05, 4.69) is 20.8 Å². The fraction of sp³-hybridized carbons (Fsp3) is 0.200. The number of carbonyl (C=O) groups is 1. The number of anilines is 1. The molecule has 2 heterocycles. The van der Waals surface area contributed by atoms with E-state index in [1.807, 2.05) is 38.1 Å². The third kappa shape index (κ3) is 2.60. The van der Waals surface area contributed by atoms with Crippen molar-refractivity contribution < 1.29 is 9.21 Å². The second kappa shape index (κ2) is 5.80. The highest BCUT2D eigenvalue weighted by atomic mass is 16.3. The van der Waals surface area contributed by atoms with Crippen molar-refractivity contribution in [3.63, 3.8) is 0 Å². The largest absolute Gasteiger partial charge is 0.472 e. The van der Waals surface area contributed by atoms with Gasteiger partial charge in [0.2, 0.25) is 0 Å². The average molecular weight is 297 g/mol. The maximum atomic E-state index is 12.2. The van der Waals surface area contributed by atoms with Gasteiger partial charge in [-0.15, -0.1) is 5.10 Å². The standard InChI is InChI=1S/C15H15N5O2/c1-10(2)20-14(17-18-19-20)12-5-3-4-6-13(12)16-15(21)11-7-8-22-9-11/h3-10H,1-2H3,(H,16,21). The molecule has 7 nitrogen and oxygen atoms in total. The number of nitrogens with one attached hydrogen (secondary N) is 1. The lowest BCUT2D eigenvalue weighted by atomic mass is 10.1. The van der Waals surface area contributed by atoms with Crippen LogP contribution in [-0.4, -0.2) is 26.1 Å². The number of furan rings is 1. The third-order valence-electron chi connectivity index (χ3n) is 3.18. The molecule has 0 aliphatic rings. The summed E-state index contributed by atoms with van der Waals surface area (Å²) in [6.45, 7) is 3.99. The molecular weight excluding hydrogens is 282 g/mol. The summed E-state index contributed by atoms with van der Waals surface area (Å²) in [7, 11) is 0. The van der Waals surface area contributed by atoms with Gasteiger partial charge >= 0.3 is 0 Å². The van der Waals surface area contributed by atoms with Crippen LogP contribution >= 0.6 is 0 Å². The molecule has 0 aliphatic heterocycles. The molecule has 0 bridgehead atoms. The fourth-order valence-electron chi connectivity index (χ4n) is 2.09. The van der Waals surface area contributed by atoms with Crippen LogP contribution < -0.4 is 5.32 Å². The molecule has 0 aliphatic carbocycles. The minimum atomic E-state index is -0.246. The number of aromatic nitrogens is 4. The number of carbonyl (C=O) groups excluding carboxylic acids is 1.